The van der Waals surface area contributed by atoms with Crippen molar-refractivity contribution in [2.75, 3.05) is 7.11 Å². The summed E-state index contributed by atoms with van der Waals surface area (Å²) < 4.78 is 5.30. The highest BCUT2D eigenvalue weighted by Crippen LogP contribution is 2.41. The molecule has 0 bridgehead atoms. The van der Waals surface area contributed by atoms with Crippen LogP contribution in [-0.2, 0) is 0 Å². The second kappa shape index (κ2) is 5.54. The molecule has 0 radical (unpaired) electrons. The number of nitrogens with one attached hydrogen (secondary N) is 1. The van der Waals surface area contributed by atoms with Crippen molar-refractivity contribution in [1.82, 2.24) is 5.32 Å². The molecule has 1 aliphatic rings. The van der Waals surface area contributed by atoms with E-state index in [0.29, 0.717) is 17.5 Å². The molecule has 1 fully saturated rings. The SMILES string of the molecule is COc1cccc(C(C)NC2CC(C)(C)CC2C)c1. The third-order valence-corrected chi connectivity index (χ3v) is 4.39. The van der Waals surface area contributed by atoms with Crippen molar-refractivity contribution in [3.63, 3.8) is 0 Å². The lowest BCUT2D eigenvalue weighted by Crippen LogP contribution is -2.33. The van der Waals surface area contributed by atoms with Gasteiger partial charge < -0.3 is 10.1 Å². The van der Waals surface area contributed by atoms with Crippen LogP contribution in [0.5, 0.6) is 5.75 Å². The van der Waals surface area contributed by atoms with Gasteiger partial charge in [-0.1, -0.05) is 32.9 Å². The van der Waals surface area contributed by atoms with Gasteiger partial charge in [0.25, 0.3) is 0 Å². The summed E-state index contributed by atoms with van der Waals surface area (Å²) in [6.45, 7) is 9.36. The highest BCUT2D eigenvalue weighted by atomic mass is 16.5. The third-order valence-electron chi connectivity index (χ3n) is 4.39. The molecule has 1 saturated carbocycles. The number of hydrogen-bond acceptors (Lipinski definition) is 2. The zero-order chi connectivity index (χ0) is 14.0. The molecule has 1 aliphatic carbocycles. The van der Waals surface area contributed by atoms with Gasteiger partial charge in [-0.2, -0.15) is 0 Å². The predicted octanol–water partition coefficient (Wildman–Crippen LogP) is 4.17. The average molecular weight is 261 g/mol. The van der Waals surface area contributed by atoms with Crippen LogP contribution in [0.15, 0.2) is 24.3 Å². The van der Waals surface area contributed by atoms with Gasteiger partial charge in [0, 0.05) is 12.1 Å². The minimum Gasteiger partial charge on any atom is -0.497 e. The molecule has 1 N–H and O–H groups in total. The van der Waals surface area contributed by atoms with Crippen LogP contribution >= 0.6 is 0 Å². The van der Waals surface area contributed by atoms with Crippen LogP contribution in [0.4, 0.5) is 0 Å². The topological polar surface area (TPSA) is 21.3 Å². The van der Waals surface area contributed by atoms with Crippen LogP contribution in [0.2, 0.25) is 0 Å². The Balaban J connectivity index is 2.02. The van der Waals surface area contributed by atoms with Gasteiger partial charge in [-0.25, -0.2) is 0 Å². The van der Waals surface area contributed by atoms with Crippen LogP contribution in [0, 0.1) is 11.3 Å². The van der Waals surface area contributed by atoms with E-state index < -0.39 is 0 Å². The highest BCUT2D eigenvalue weighted by Gasteiger charge is 2.36. The van der Waals surface area contributed by atoms with Gasteiger partial charge in [0.1, 0.15) is 5.75 Å². The first-order valence-electron chi connectivity index (χ1n) is 7.31. The smallest absolute Gasteiger partial charge is 0.119 e. The first-order valence-corrected chi connectivity index (χ1v) is 7.31. The summed E-state index contributed by atoms with van der Waals surface area (Å²) in [7, 11) is 1.72. The van der Waals surface area contributed by atoms with Crippen LogP contribution in [0.25, 0.3) is 0 Å². The van der Waals surface area contributed by atoms with Crippen molar-refractivity contribution >= 4 is 0 Å². The molecule has 0 aromatic heterocycles. The number of benzene rings is 1. The fourth-order valence-corrected chi connectivity index (χ4v) is 3.45. The lowest BCUT2D eigenvalue weighted by Gasteiger charge is -2.24. The summed E-state index contributed by atoms with van der Waals surface area (Å²) in [5, 5.41) is 3.80. The fraction of sp³-hybridized carbons (Fsp3) is 0.647. The Morgan fingerprint density at radius 1 is 1.32 bits per heavy atom. The molecule has 2 heteroatoms. The van der Waals surface area contributed by atoms with Gasteiger partial charge >= 0.3 is 0 Å². The van der Waals surface area contributed by atoms with Crippen molar-refractivity contribution in [2.24, 2.45) is 11.3 Å². The normalized spacial score (nSPS) is 27.2. The summed E-state index contributed by atoms with van der Waals surface area (Å²) in [6, 6.07) is 9.35. The molecule has 3 atom stereocenters. The molecule has 1 aromatic carbocycles. The van der Waals surface area contributed by atoms with E-state index in [1.807, 2.05) is 6.07 Å². The molecule has 19 heavy (non-hydrogen) atoms. The molecular weight excluding hydrogens is 234 g/mol. The molecule has 0 aliphatic heterocycles. The Morgan fingerprint density at radius 2 is 2.05 bits per heavy atom. The third kappa shape index (κ3) is 3.50. The zero-order valence-corrected chi connectivity index (χ0v) is 12.9. The first-order chi connectivity index (χ1) is 8.91. The summed E-state index contributed by atoms with van der Waals surface area (Å²) >= 11 is 0. The maximum absolute atomic E-state index is 5.30. The van der Waals surface area contributed by atoms with Gasteiger partial charge in [-0.15, -0.1) is 0 Å². The summed E-state index contributed by atoms with van der Waals surface area (Å²) in [5.41, 5.74) is 1.78. The van der Waals surface area contributed by atoms with E-state index in [2.05, 4.69) is 51.2 Å². The summed E-state index contributed by atoms with van der Waals surface area (Å²) in [5.74, 6) is 1.69. The van der Waals surface area contributed by atoms with Crippen LogP contribution in [0.1, 0.15) is 52.1 Å². The van der Waals surface area contributed by atoms with Gasteiger partial charge in [0.15, 0.2) is 0 Å². The summed E-state index contributed by atoms with van der Waals surface area (Å²) in [6.07, 6.45) is 2.58. The van der Waals surface area contributed by atoms with Crippen molar-refractivity contribution in [2.45, 2.75) is 52.6 Å². The average Bonchev–Trinajstić information content (AvgIpc) is 2.62. The van der Waals surface area contributed by atoms with E-state index in [0.717, 1.165) is 11.7 Å². The van der Waals surface area contributed by atoms with E-state index in [9.17, 15) is 0 Å². The molecule has 0 saturated heterocycles. The lowest BCUT2D eigenvalue weighted by molar-refractivity contribution is 0.356. The number of hydrogen-bond donors (Lipinski definition) is 1. The number of methoxy groups -OCH3 is 1. The Labute approximate surface area is 117 Å². The Bertz CT molecular complexity index is 427. The molecule has 2 rings (SSSR count). The molecule has 106 valence electrons. The largest absolute Gasteiger partial charge is 0.497 e. The van der Waals surface area contributed by atoms with Gasteiger partial charge in [-0.3, -0.25) is 0 Å². The quantitative estimate of drug-likeness (QED) is 0.878. The molecule has 0 spiro atoms. The standard InChI is InChI=1S/C17H27NO/c1-12-10-17(3,4)11-16(12)18-13(2)14-7-6-8-15(9-14)19-5/h6-9,12-13,16,18H,10-11H2,1-5H3. The second-order valence-corrected chi connectivity index (χ2v) is 6.82. The minimum absolute atomic E-state index is 0.372. The summed E-state index contributed by atoms with van der Waals surface area (Å²) in [4.78, 5) is 0. The highest BCUT2D eigenvalue weighted by molar-refractivity contribution is 5.30. The van der Waals surface area contributed by atoms with Crippen LogP contribution in [-0.4, -0.2) is 13.2 Å². The molecule has 3 unspecified atom stereocenters. The fourth-order valence-electron chi connectivity index (χ4n) is 3.45. The van der Waals surface area contributed by atoms with Crippen molar-refractivity contribution in [3.05, 3.63) is 29.8 Å². The number of ether oxygens (including phenoxy) is 1. The maximum atomic E-state index is 5.30. The van der Waals surface area contributed by atoms with Gasteiger partial charge in [0.2, 0.25) is 0 Å². The van der Waals surface area contributed by atoms with E-state index in [1.165, 1.54) is 18.4 Å². The Kier molecular flexibility index (Phi) is 4.19. The first kappa shape index (κ1) is 14.4. The van der Waals surface area contributed by atoms with Crippen molar-refractivity contribution < 1.29 is 4.74 Å². The molecule has 0 amide bonds. The van der Waals surface area contributed by atoms with Crippen molar-refractivity contribution in [3.8, 4) is 5.75 Å². The molecule has 1 aromatic rings. The second-order valence-electron chi connectivity index (χ2n) is 6.82. The molecular formula is C17H27NO. The van der Waals surface area contributed by atoms with Gasteiger partial charge in [-0.05, 0) is 48.8 Å². The van der Waals surface area contributed by atoms with E-state index in [1.54, 1.807) is 7.11 Å². The lowest BCUT2D eigenvalue weighted by atomic mass is 9.91. The van der Waals surface area contributed by atoms with Crippen molar-refractivity contribution in [1.29, 1.82) is 0 Å². The van der Waals surface area contributed by atoms with Gasteiger partial charge in [0.05, 0.1) is 7.11 Å². The molecule has 0 heterocycles. The maximum Gasteiger partial charge on any atom is 0.119 e. The van der Waals surface area contributed by atoms with Crippen LogP contribution < -0.4 is 10.1 Å². The van der Waals surface area contributed by atoms with E-state index in [4.69, 9.17) is 4.74 Å². The Morgan fingerprint density at radius 3 is 2.63 bits per heavy atom. The monoisotopic (exact) mass is 261 g/mol. The zero-order valence-electron chi connectivity index (χ0n) is 12.9. The predicted molar refractivity (Wildman–Crippen MR) is 80.5 cm³/mol. The van der Waals surface area contributed by atoms with Crippen LogP contribution in [0.3, 0.4) is 0 Å². The molecule has 2 nitrogen and oxygen atoms in total. The Hall–Kier alpha value is -1.02. The number of rotatable bonds is 4. The van der Waals surface area contributed by atoms with E-state index >= 15 is 0 Å². The minimum atomic E-state index is 0.372. The van der Waals surface area contributed by atoms with E-state index in [-0.39, 0.29) is 0 Å².